The summed E-state index contributed by atoms with van der Waals surface area (Å²) in [6.07, 6.45) is 0. The van der Waals surface area contributed by atoms with E-state index in [1.807, 2.05) is 37.8 Å². The molecule has 1 saturated heterocycles. The van der Waals surface area contributed by atoms with Crippen molar-refractivity contribution in [2.75, 3.05) is 46.4 Å². The lowest BCUT2D eigenvalue weighted by atomic mass is 10.1. The summed E-state index contributed by atoms with van der Waals surface area (Å²) < 4.78 is 17.4. The summed E-state index contributed by atoms with van der Waals surface area (Å²) in [5.41, 5.74) is 1.44. The number of fused-ring (bicyclic) bond motifs is 1. The van der Waals surface area contributed by atoms with Crippen LogP contribution < -0.4 is 9.47 Å². The van der Waals surface area contributed by atoms with Crippen LogP contribution in [0.2, 0.25) is 0 Å². The van der Waals surface area contributed by atoms with Gasteiger partial charge in [-0.2, -0.15) is 0 Å². The van der Waals surface area contributed by atoms with Crippen molar-refractivity contribution in [2.24, 2.45) is 0 Å². The van der Waals surface area contributed by atoms with E-state index >= 15 is 0 Å². The number of carbonyl (C=O) groups excluding carboxylic acids is 1. The molecular weight excluding hydrogens is 356 g/mol. The number of benzene rings is 1. The molecule has 0 aliphatic carbocycles. The van der Waals surface area contributed by atoms with Crippen LogP contribution >= 0.6 is 12.4 Å². The number of amides is 1. The van der Waals surface area contributed by atoms with Gasteiger partial charge >= 0.3 is 0 Å². The summed E-state index contributed by atoms with van der Waals surface area (Å²) in [7, 11) is 2.07. The van der Waals surface area contributed by atoms with E-state index in [-0.39, 0.29) is 18.3 Å². The maximum absolute atomic E-state index is 12.9. The van der Waals surface area contributed by atoms with Crippen molar-refractivity contribution in [1.82, 2.24) is 9.80 Å². The van der Waals surface area contributed by atoms with Crippen molar-refractivity contribution in [1.29, 1.82) is 0 Å². The van der Waals surface area contributed by atoms with E-state index in [0.29, 0.717) is 49.1 Å². The Hall–Kier alpha value is -1.92. The number of rotatable bonds is 5. The molecule has 3 rings (SSSR count). The molecule has 1 aromatic carbocycles. The van der Waals surface area contributed by atoms with Crippen LogP contribution in [0.5, 0.6) is 11.5 Å². The summed E-state index contributed by atoms with van der Waals surface area (Å²) in [6, 6.07) is 3.81. The van der Waals surface area contributed by atoms with E-state index in [4.69, 9.17) is 13.9 Å². The van der Waals surface area contributed by atoms with Gasteiger partial charge in [-0.25, -0.2) is 0 Å². The van der Waals surface area contributed by atoms with Gasteiger partial charge in [0, 0.05) is 37.1 Å². The minimum absolute atomic E-state index is 0. The Morgan fingerprint density at radius 2 is 1.77 bits per heavy atom. The summed E-state index contributed by atoms with van der Waals surface area (Å²) in [5.74, 6) is 1.56. The first-order valence-electron chi connectivity index (χ1n) is 8.86. The Morgan fingerprint density at radius 3 is 2.38 bits per heavy atom. The summed E-state index contributed by atoms with van der Waals surface area (Å²) >= 11 is 0. The third-order valence-corrected chi connectivity index (χ3v) is 4.60. The summed E-state index contributed by atoms with van der Waals surface area (Å²) in [6.45, 7) is 10.00. The van der Waals surface area contributed by atoms with E-state index in [1.54, 1.807) is 0 Å². The van der Waals surface area contributed by atoms with Gasteiger partial charge in [0.2, 0.25) is 5.75 Å². The molecule has 1 aliphatic heterocycles. The lowest BCUT2D eigenvalue weighted by molar-refractivity contribution is 0.0633. The van der Waals surface area contributed by atoms with E-state index in [9.17, 15) is 4.79 Å². The zero-order valence-electron chi connectivity index (χ0n) is 15.8. The van der Waals surface area contributed by atoms with Crippen LogP contribution in [0.15, 0.2) is 16.5 Å². The molecule has 1 amide bonds. The van der Waals surface area contributed by atoms with E-state index in [0.717, 1.165) is 24.0 Å². The molecule has 0 radical (unpaired) electrons. The number of halogens is 1. The standard InChI is InChI=1S/C19H26N2O4.ClH/c1-5-23-15-8-7-14-13(3)16(25-17(14)18(15)24-6-2)19(22)21-11-9-20(4)10-12-21;/h7-8H,5-6,9-12H2,1-4H3;1H. The van der Waals surface area contributed by atoms with Gasteiger partial charge < -0.3 is 23.7 Å². The molecule has 0 N–H and O–H groups in total. The molecule has 6 nitrogen and oxygen atoms in total. The highest BCUT2D eigenvalue weighted by Gasteiger charge is 2.27. The molecule has 0 spiro atoms. The van der Waals surface area contributed by atoms with Gasteiger partial charge in [-0.3, -0.25) is 4.79 Å². The van der Waals surface area contributed by atoms with Crippen LogP contribution in [0.25, 0.3) is 11.0 Å². The first kappa shape index (κ1) is 20.4. The Morgan fingerprint density at radius 1 is 1.12 bits per heavy atom. The molecule has 2 heterocycles. The monoisotopic (exact) mass is 382 g/mol. The van der Waals surface area contributed by atoms with Crippen LogP contribution in [0.3, 0.4) is 0 Å². The maximum Gasteiger partial charge on any atom is 0.289 e. The molecule has 26 heavy (non-hydrogen) atoms. The number of hydrogen-bond donors (Lipinski definition) is 0. The normalized spacial score (nSPS) is 15.0. The van der Waals surface area contributed by atoms with Crippen molar-refractivity contribution >= 4 is 29.3 Å². The van der Waals surface area contributed by atoms with Crippen molar-refractivity contribution in [3.05, 3.63) is 23.5 Å². The highest BCUT2D eigenvalue weighted by Crippen LogP contribution is 2.40. The van der Waals surface area contributed by atoms with Crippen LogP contribution in [-0.4, -0.2) is 62.1 Å². The topological polar surface area (TPSA) is 55.2 Å². The zero-order chi connectivity index (χ0) is 18.0. The van der Waals surface area contributed by atoms with E-state index < -0.39 is 0 Å². The molecular formula is C19H27ClN2O4. The molecule has 0 saturated carbocycles. The molecule has 1 aliphatic rings. The molecule has 144 valence electrons. The van der Waals surface area contributed by atoms with Gasteiger partial charge in [-0.15, -0.1) is 12.4 Å². The minimum Gasteiger partial charge on any atom is -0.490 e. The summed E-state index contributed by atoms with van der Waals surface area (Å²) in [4.78, 5) is 17.0. The number of carbonyl (C=O) groups is 1. The molecule has 1 aromatic heterocycles. The van der Waals surface area contributed by atoms with Crippen molar-refractivity contribution < 1.29 is 18.7 Å². The van der Waals surface area contributed by atoms with Crippen molar-refractivity contribution in [3.8, 4) is 11.5 Å². The van der Waals surface area contributed by atoms with Gasteiger partial charge in [-0.05, 0) is 40.0 Å². The molecule has 0 bridgehead atoms. The average Bonchev–Trinajstić information content (AvgIpc) is 2.94. The number of aryl methyl sites for hydroxylation is 1. The summed E-state index contributed by atoms with van der Waals surface area (Å²) in [5, 5.41) is 0.893. The van der Waals surface area contributed by atoms with Gasteiger partial charge in [-0.1, -0.05) is 0 Å². The van der Waals surface area contributed by atoms with Gasteiger partial charge in [0.05, 0.1) is 13.2 Å². The third kappa shape index (κ3) is 3.76. The average molecular weight is 383 g/mol. The molecule has 0 unspecified atom stereocenters. The largest absolute Gasteiger partial charge is 0.490 e. The Bertz CT molecular complexity index is 766. The fourth-order valence-electron chi connectivity index (χ4n) is 3.15. The Labute approximate surface area is 160 Å². The Balaban J connectivity index is 0.00000243. The van der Waals surface area contributed by atoms with Crippen molar-refractivity contribution in [3.63, 3.8) is 0 Å². The number of nitrogens with zero attached hydrogens (tertiary/aromatic N) is 2. The van der Waals surface area contributed by atoms with Crippen LogP contribution in [0, 0.1) is 6.92 Å². The second-order valence-corrected chi connectivity index (χ2v) is 6.29. The lowest BCUT2D eigenvalue weighted by Crippen LogP contribution is -2.47. The van der Waals surface area contributed by atoms with E-state index in [1.165, 1.54) is 0 Å². The quantitative estimate of drug-likeness (QED) is 0.793. The minimum atomic E-state index is -0.0535. The molecule has 0 atom stereocenters. The highest BCUT2D eigenvalue weighted by atomic mass is 35.5. The smallest absolute Gasteiger partial charge is 0.289 e. The fraction of sp³-hybridized carbons (Fsp3) is 0.526. The first-order valence-corrected chi connectivity index (χ1v) is 8.86. The number of likely N-dealkylation sites (N-methyl/N-ethyl adjacent to an activating group) is 1. The predicted molar refractivity (Wildman–Crippen MR) is 104 cm³/mol. The van der Waals surface area contributed by atoms with Gasteiger partial charge in [0.15, 0.2) is 17.1 Å². The van der Waals surface area contributed by atoms with Gasteiger partial charge in [0.25, 0.3) is 5.91 Å². The first-order chi connectivity index (χ1) is 12.1. The predicted octanol–water partition coefficient (Wildman–Crippen LogP) is 3.35. The molecule has 1 fully saturated rings. The van der Waals surface area contributed by atoms with Crippen LogP contribution in [0.4, 0.5) is 0 Å². The second kappa shape index (κ2) is 8.64. The number of furan rings is 1. The highest BCUT2D eigenvalue weighted by molar-refractivity contribution is 6.00. The molecule has 2 aromatic rings. The van der Waals surface area contributed by atoms with Crippen molar-refractivity contribution in [2.45, 2.75) is 20.8 Å². The Kier molecular flexibility index (Phi) is 6.78. The zero-order valence-corrected chi connectivity index (χ0v) is 16.6. The van der Waals surface area contributed by atoms with Gasteiger partial charge in [0.1, 0.15) is 0 Å². The number of hydrogen-bond acceptors (Lipinski definition) is 5. The number of ether oxygens (including phenoxy) is 2. The maximum atomic E-state index is 12.9. The fourth-order valence-corrected chi connectivity index (χ4v) is 3.15. The second-order valence-electron chi connectivity index (χ2n) is 6.29. The third-order valence-electron chi connectivity index (χ3n) is 4.60. The van der Waals surface area contributed by atoms with Crippen LogP contribution in [-0.2, 0) is 0 Å². The lowest BCUT2D eigenvalue weighted by Gasteiger charge is -2.31. The molecule has 7 heteroatoms. The SMILES string of the molecule is CCOc1ccc2c(C)c(C(=O)N3CCN(C)CC3)oc2c1OCC.Cl. The van der Waals surface area contributed by atoms with Crippen LogP contribution in [0.1, 0.15) is 30.0 Å². The van der Waals surface area contributed by atoms with E-state index in [2.05, 4.69) is 11.9 Å². The number of piperazine rings is 1.